The summed E-state index contributed by atoms with van der Waals surface area (Å²) in [4.78, 5) is 12.2. The highest BCUT2D eigenvalue weighted by Crippen LogP contribution is 2.45. The lowest BCUT2D eigenvalue weighted by molar-refractivity contribution is -0.116. The highest BCUT2D eigenvalue weighted by Gasteiger charge is 2.31. The fraction of sp³-hybridized carbons (Fsp3) is 0.235. The number of phenolic OH excluding ortho intramolecular Hbond substituents is 1. The average molecular weight is 357 g/mol. The van der Waals surface area contributed by atoms with E-state index in [9.17, 15) is 9.90 Å². The summed E-state index contributed by atoms with van der Waals surface area (Å²) >= 11 is 1.14. The Morgan fingerprint density at radius 2 is 1.92 bits per heavy atom. The minimum absolute atomic E-state index is 0.0669. The van der Waals surface area contributed by atoms with Crippen LogP contribution >= 0.6 is 11.7 Å². The standard InChI is InChI=1S/C17H15N3O4S/c1-23-12-5-8(6-13(24-2)17(12)22)9-7-14(21)18-10-3-4-11-16(15(9)10)20-25-19-11/h3-6,9,22H,7H2,1-2H3,(H,18,21)/t9-/m0/s1. The molecule has 1 amide bonds. The van der Waals surface area contributed by atoms with E-state index in [1.165, 1.54) is 14.2 Å². The normalized spacial score (nSPS) is 16.4. The molecule has 2 aromatic carbocycles. The Kier molecular flexibility index (Phi) is 3.69. The van der Waals surface area contributed by atoms with Crippen LogP contribution in [0.2, 0.25) is 0 Å². The van der Waals surface area contributed by atoms with E-state index >= 15 is 0 Å². The van der Waals surface area contributed by atoms with Gasteiger partial charge in [0.1, 0.15) is 11.0 Å². The van der Waals surface area contributed by atoms with Crippen molar-refractivity contribution < 1.29 is 19.4 Å². The van der Waals surface area contributed by atoms with E-state index in [0.717, 1.165) is 39.6 Å². The SMILES string of the molecule is COc1cc([C@@H]2CC(=O)Nc3ccc4nsnc4c32)cc(OC)c1O. The van der Waals surface area contributed by atoms with E-state index in [1.807, 2.05) is 12.1 Å². The number of anilines is 1. The van der Waals surface area contributed by atoms with E-state index in [0.29, 0.717) is 11.5 Å². The number of hydrogen-bond donors (Lipinski definition) is 2. The van der Waals surface area contributed by atoms with Crippen LogP contribution in [-0.2, 0) is 4.79 Å². The fourth-order valence-corrected chi connectivity index (χ4v) is 3.77. The third-order valence-electron chi connectivity index (χ3n) is 4.38. The number of hydrogen-bond acceptors (Lipinski definition) is 7. The number of fused-ring (bicyclic) bond motifs is 3. The van der Waals surface area contributed by atoms with Gasteiger partial charge in [-0.1, -0.05) is 0 Å². The molecule has 0 unspecified atom stereocenters. The van der Waals surface area contributed by atoms with Gasteiger partial charge in [0.15, 0.2) is 11.5 Å². The summed E-state index contributed by atoms with van der Waals surface area (Å²) in [5.74, 6) is 0.212. The quantitative estimate of drug-likeness (QED) is 0.749. The highest BCUT2D eigenvalue weighted by atomic mass is 32.1. The molecule has 0 spiro atoms. The maximum atomic E-state index is 12.2. The number of aromatic hydroxyl groups is 1. The van der Waals surface area contributed by atoms with Crippen LogP contribution in [0.5, 0.6) is 17.2 Å². The molecule has 1 aromatic heterocycles. The molecule has 4 rings (SSSR count). The molecule has 0 aliphatic carbocycles. The first kappa shape index (κ1) is 15.6. The van der Waals surface area contributed by atoms with Gasteiger partial charge in [-0.3, -0.25) is 4.79 Å². The van der Waals surface area contributed by atoms with Gasteiger partial charge in [-0.2, -0.15) is 8.75 Å². The van der Waals surface area contributed by atoms with Crippen molar-refractivity contribution in [2.24, 2.45) is 0 Å². The van der Waals surface area contributed by atoms with Gasteiger partial charge in [0.2, 0.25) is 11.7 Å². The summed E-state index contributed by atoms with van der Waals surface area (Å²) in [6.45, 7) is 0. The third-order valence-corrected chi connectivity index (χ3v) is 4.93. The molecule has 0 radical (unpaired) electrons. The first-order chi connectivity index (χ1) is 12.1. The van der Waals surface area contributed by atoms with Gasteiger partial charge in [-0.05, 0) is 29.8 Å². The van der Waals surface area contributed by atoms with Crippen LogP contribution in [-0.4, -0.2) is 34.0 Å². The summed E-state index contributed by atoms with van der Waals surface area (Å²) in [7, 11) is 2.95. The second-order valence-corrected chi connectivity index (χ2v) is 6.27. The first-order valence-electron chi connectivity index (χ1n) is 7.62. The van der Waals surface area contributed by atoms with Gasteiger partial charge in [0, 0.05) is 23.6 Å². The molecular weight excluding hydrogens is 342 g/mol. The molecule has 1 aliphatic rings. The van der Waals surface area contributed by atoms with Crippen LogP contribution in [0.3, 0.4) is 0 Å². The summed E-state index contributed by atoms with van der Waals surface area (Å²) in [6.07, 6.45) is 0.265. The third kappa shape index (κ3) is 2.45. The fourth-order valence-electron chi connectivity index (χ4n) is 3.22. The Bertz CT molecular complexity index is 960. The number of amides is 1. The number of ether oxygens (including phenoxy) is 2. The molecule has 7 nitrogen and oxygen atoms in total. The summed E-state index contributed by atoms with van der Waals surface area (Å²) in [6, 6.07) is 7.14. The lowest BCUT2D eigenvalue weighted by atomic mass is 9.83. The summed E-state index contributed by atoms with van der Waals surface area (Å²) in [5, 5.41) is 13.0. The van der Waals surface area contributed by atoms with E-state index in [1.54, 1.807) is 12.1 Å². The largest absolute Gasteiger partial charge is 0.502 e. The van der Waals surface area contributed by atoms with Crippen molar-refractivity contribution in [2.75, 3.05) is 19.5 Å². The number of aromatic nitrogens is 2. The van der Waals surface area contributed by atoms with Crippen molar-refractivity contribution >= 4 is 34.4 Å². The first-order valence-corrected chi connectivity index (χ1v) is 8.35. The average Bonchev–Trinajstić information content (AvgIpc) is 3.09. The molecule has 8 heteroatoms. The van der Waals surface area contributed by atoms with Gasteiger partial charge in [-0.25, -0.2) is 0 Å². The van der Waals surface area contributed by atoms with E-state index < -0.39 is 0 Å². The van der Waals surface area contributed by atoms with E-state index in [2.05, 4.69) is 14.1 Å². The zero-order chi connectivity index (χ0) is 17.6. The number of methoxy groups -OCH3 is 2. The number of phenols is 1. The van der Waals surface area contributed by atoms with Gasteiger partial charge in [0.25, 0.3) is 0 Å². The molecule has 2 N–H and O–H groups in total. The number of nitrogens with one attached hydrogen (secondary N) is 1. The predicted octanol–water partition coefficient (Wildman–Crippen LogP) is 2.89. The van der Waals surface area contributed by atoms with Gasteiger partial charge in [-0.15, -0.1) is 0 Å². The monoisotopic (exact) mass is 357 g/mol. The van der Waals surface area contributed by atoms with Crippen LogP contribution in [0, 0.1) is 0 Å². The minimum Gasteiger partial charge on any atom is -0.502 e. The smallest absolute Gasteiger partial charge is 0.225 e. The van der Waals surface area contributed by atoms with Crippen LogP contribution in [0.15, 0.2) is 24.3 Å². The molecule has 3 aromatic rings. The second kappa shape index (κ2) is 5.89. The highest BCUT2D eigenvalue weighted by molar-refractivity contribution is 7.00. The molecule has 0 saturated heterocycles. The molecule has 2 heterocycles. The zero-order valence-corrected chi connectivity index (χ0v) is 14.4. The number of benzene rings is 2. The number of nitrogens with zero attached hydrogens (tertiary/aromatic N) is 2. The lowest BCUT2D eigenvalue weighted by Crippen LogP contribution is -2.23. The summed E-state index contributed by atoms with van der Waals surface area (Å²) in [5.41, 5.74) is 4.03. The maximum Gasteiger partial charge on any atom is 0.225 e. The molecule has 1 aliphatic heterocycles. The van der Waals surface area contributed by atoms with Crippen LogP contribution in [0.1, 0.15) is 23.5 Å². The minimum atomic E-state index is -0.236. The Balaban J connectivity index is 1.95. The molecule has 0 saturated carbocycles. The summed E-state index contributed by atoms with van der Waals surface area (Å²) < 4.78 is 19.2. The maximum absolute atomic E-state index is 12.2. The number of carbonyl (C=O) groups is 1. The van der Waals surface area contributed by atoms with Crippen molar-refractivity contribution in [1.29, 1.82) is 0 Å². The Hall–Kier alpha value is -2.87. The Morgan fingerprint density at radius 1 is 1.20 bits per heavy atom. The number of rotatable bonds is 3. The molecular formula is C17H15N3O4S. The number of carbonyl (C=O) groups excluding carboxylic acids is 1. The Labute approximate surface area is 147 Å². The molecule has 0 fully saturated rings. The van der Waals surface area contributed by atoms with E-state index in [-0.39, 0.29) is 24.0 Å². The Morgan fingerprint density at radius 3 is 2.60 bits per heavy atom. The van der Waals surface area contributed by atoms with Crippen molar-refractivity contribution in [3.63, 3.8) is 0 Å². The zero-order valence-electron chi connectivity index (χ0n) is 13.6. The van der Waals surface area contributed by atoms with Gasteiger partial charge >= 0.3 is 0 Å². The van der Waals surface area contributed by atoms with E-state index in [4.69, 9.17) is 9.47 Å². The molecule has 128 valence electrons. The molecule has 1 atom stereocenters. The molecule has 25 heavy (non-hydrogen) atoms. The van der Waals surface area contributed by atoms with Gasteiger partial charge in [0.05, 0.1) is 25.9 Å². The molecule has 0 bridgehead atoms. The predicted molar refractivity (Wildman–Crippen MR) is 93.7 cm³/mol. The van der Waals surface area contributed by atoms with Crippen molar-refractivity contribution in [1.82, 2.24) is 8.75 Å². The lowest BCUT2D eigenvalue weighted by Gasteiger charge is -2.26. The van der Waals surface area contributed by atoms with Crippen molar-refractivity contribution in [2.45, 2.75) is 12.3 Å². The second-order valence-electron chi connectivity index (χ2n) is 5.74. The van der Waals surface area contributed by atoms with Crippen molar-refractivity contribution in [3.05, 3.63) is 35.4 Å². The van der Waals surface area contributed by atoms with Crippen molar-refractivity contribution in [3.8, 4) is 17.2 Å². The van der Waals surface area contributed by atoms with Crippen LogP contribution in [0.4, 0.5) is 5.69 Å². The van der Waals surface area contributed by atoms with Gasteiger partial charge < -0.3 is 19.9 Å². The topological polar surface area (TPSA) is 93.6 Å². The van der Waals surface area contributed by atoms with Crippen LogP contribution in [0.25, 0.3) is 11.0 Å². The van der Waals surface area contributed by atoms with Crippen LogP contribution < -0.4 is 14.8 Å².